The van der Waals surface area contributed by atoms with Crippen LogP contribution in [0.25, 0.3) is 11.1 Å². The van der Waals surface area contributed by atoms with Crippen LogP contribution in [0.3, 0.4) is 0 Å². The second-order valence-corrected chi connectivity index (χ2v) is 11.3. The van der Waals surface area contributed by atoms with Crippen LogP contribution in [-0.2, 0) is 12.0 Å². The summed E-state index contributed by atoms with van der Waals surface area (Å²) in [6.45, 7) is 7.84. The summed E-state index contributed by atoms with van der Waals surface area (Å²) in [5, 5.41) is 19.8. The molecule has 0 aliphatic carbocycles. The molecule has 0 radical (unpaired) electrons. The number of benzene rings is 3. The molecule has 3 aromatic carbocycles. The Kier molecular flexibility index (Phi) is 7.73. The number of aliphatic hydroxyl groups is 1. The summed E-state index contributed by atoms with van der Waals surface area (Å²) >= 11 is 0. The van der Waals surface area contributed by atoms with E-state index in [1.54, 1.807) is 4.90 Å². The molecule has 7 heteroatoms. The van der Waals surface area contributed by atoms with E-state index in [-0.39, 0.29) is 24.0 Å². The van der Waals surface area contributed by atoms with Gasteiger partial charge in [0.2, 0.25) is 0 Å². The van der Waals surface area contributed by atoms with E-state index in [0.717, 1.165) is 66.0 Å². The molecule has 0 bridgehead atoms. The molecule has 7 nitrogen and oxygen atoms in total. The van der Waals surface area contributed by atoms with Gasteiger partial charge in [-0.05, 0) is 41.7 Å². The van der Waals surface area contributed by atoms with Crippen molar-refractivity contribution in [1.82, 2.24) is 9.80 Å². The second kappa shape index (κ2) is 11.2. The van der Waals surface area contributed by atoms with Crippen molar-refractivity contribution in [2.75, 3.05) is 37.6 Å². The SMILES string of the molecule is CC1(C)CN(CCN2CCC(N(C(=O)O)c3ccccc3-c3ccccc3)CC2)C(=O)c2ccc(CO)cc21. The molecule has 1 fully saturated rings. The highest BCUT2D eigenvalue weighted by atomic mass is 16.4. The van der Waals surface area contributed by atoms with Crippen LogP contribution >= 0.6 is 0 Å². The zero-order valence-corrected chi connectivity index (χ0v) is 22.7. The highest BCUT2D eigenvalue weighted by Crippen LogP contribution is 2.35. The Morgan fingerprint density at radius 1 is 0.949 bits per heavy atom. The molecule has 2 aliphatic heterocycles. The Balaban J connectivity index is 1.24. The number of amides is 2. The molecule has 2 aliphatic rings. The molecule has 0 unspecified atom stereocenters. The highest BCUT2D eigenvalue weighted by molar-refractivity contribution is 5.97. The zero-order valence-electron chi connectivity index (χ0n) is 22.7. The smallest absolute Gasteiger partial charge is 0.412 e. The van der Waals surface area contributed by atoms with Gasteiger partial charge in [-0.1, -0.05) is 74.5 Å². The Morgan fingerprint density at radius 2 is 1.64 bits per heavy atom. The van der Waals surface area contributed by atoms with Crippen LogP contribution < -0.4 is 4.90 Å². The first-order chi connectivity index (χ1) is 18.8. The summed E-state index contributed by atoms with van der Waals surface area (Å²) < 4.78 is 0. The lowest BCUT2D eigenvalue weighted by molar-refractivity contribution is 0.0654. The van der Waals surface area contributed by atoms with Gasteiger partial charge in [0, 0.05) is 55.3 Å². The summed E-state index contributed by atoms with van der Waals surface area (Å²) in [5.74, 6) is 0.0401. The molecule has 2 N–H and O–H groups in total. The molecule has 2 amide bonds. The molecular formula is C32H37N3O4. The topological polar surface area (TPSA) is 84.3 Å². The highest BCUT2D eigenvalue weighted by Gasteiger charge is 2.37. The first-order valence-electron chi connectivity index (χ1n) is 13.7. The number of piperidine rings is 1. The normalized spacial score (nSPS) is 17.6. The summed E-state index contributed by atoms with van der Waals surface area (Å²) in [7, 11) is 0. The minimum atomic E-state index is -0.930. The zero-order chi connectivity index (χ0) is 27.6. The van der Waals surface area contributed by atoms with E-state index in [9.17, 15) is 19.8 Å². The van der Waals surface area contributed by atoms with Gasteiger partial charge >= 0.3 is 6.09 Å². The number of carbonyl (C=O) groups excluding carboxylic acids is 1. The Morgan fingerprint density at radius 3 is 2.33 bits per heavy atom. The van der Waals surface area contributed by atoms with Crippen LogP contribution in [0.5, 0.6) is 0 Å². The van der Waals surface area contributed by atoms with E-state index in [1.807, 2.05) is 77.7 Å². The maximum Gasteiger partial charge on any atom is 0.412 e. The van der Waals surface area contributed by atoms with Gasteiger partial charge in [0.1, 0.15) is 0 Å². The fourth-order valence-corrected chi connectivity index (χ4v) is 6.09. The van der Waals surface area contributed by atoms with Gasteiger partial charge in [0.25, 0.3) is 5.91 Å². The number of carboxylic acid groups (broad SMARTS) is 1. The van der Waals surface area contributed by atoms with Crippen molar-refractivity contribution < 1.29 is 19.8 Å². The lowest BCUT2D eigenvalue weighted by atomic mass is 9.77. The fraction of sp³-hybridized carbons (Fsp3) is 0.375. The average Bonchev–Trinajstić information content (AvgIpc) is 2.95. The maximum absolute atomic E-state index is 13.3. The Bertz CT molecular complexity index is 1330. The number of carbonyl (C=O) groups is 2. The average molecular weight is 528 g/mol. The summed E-state index contributed by atoms with van der Waals surface area (Å²) in [6, 6.07) is 23.2. The van der Waals surface area contributed by atoms with Crippen molar-refractivity contribution in [1.29, 1.82) is 0 Å². The predicted molar refractivity (Wildman–Crippen MR) is 153 cm³/mol. The van der Waals surface area contributed by atoms with Gasteiger partial charge in [0.15, 0.2) is 0 Å². The number of fused-ring (bicyclic) bond motifs is 1. The van der Waals surface area contributed by atoms with Crippen molar-refractivity contribution in [3.05, 3.63) is 89.5 Å². The predicted octanol–water partition coefficient (Wildman–Crippen LogP) is 5.23. The largest absolute Gasteiger partial charge is 0.465 e. The van der Waals surface area contributed by atoms with Crippen molar-refractivity contribution in [3.63, 3.8) is 0 Å². The number of aliphatic hydroxyl groups excluding tert-OH is 1. The quantitative estimate of drug-likeness (QED) is 0.440. The van der Waals surface area contributed by atoms with Gasteiger partial charge < -0.3 is 20.0 Å². The van der Waals surface area contributed by atoms with Gasteiger partial charge in [0.05, 0.1) is 12.3 Å². The standard InChI is InChI=1S/C32H37N3O4/c1-32(2)22-34(30(37)27-13-12-23(21-36)20-28(27)32)19-18-33-16-14-25(15-17-33)35(31(38)39)29-11-7-6-10-26(29)24-8-4-3-5-9-24/h3-13,20,25,36H,14-19,21-22H2,1-2H3,(H,38,39). The molecule has 5 rings (SSSR count). The minimum Gasteiger partial charge on any atom is -0.465 e. The maximum atomic E-state index is 13.3. The van der Waals surface area contributed by atoms with E-state index in [1.165, 1.54) is 0 Å². The minimum absolute atomic E-state index is 0.0334. The van der Waals surface area contributed by atoms with Crippen LogP contribution in [-0.4, -0.2) is 70.8 Å². The van der Waals surface area contributed by atoms with Crippen molar-refractivity contribution in [3.8, 4) is 11.1 Å². The molecule has 1 saturated heterocycles. The Hall–Kier alpha value is -3.68. The van der Waals surface area contributed by atoms with E-state index >= 15 is 0 Å². The molecule has 0 spiro atoms. The first kappa shape index (κ1) is 26.9. The lowest BCUT2D eigenvalue weighted by Crippen LogP contribution is -2.51. The Labute approximate surface area is 230 Å². The summed E-state index contributed by atoms with van der Waals surface area (Å²) in [6.07, 6.45) is 0.546. The number of hydrogen-bond acceptors (Lipinski definition) is 4. The van der Waals surface area contributed by atoms with Crippen LogP contribution in [0, 0.1) is 0 Å². The number of anilines is 1. The number of rotatable bonds is 7. The number of nitrogens with zero attached hydrogens (tertiary/aromatic N) is 3. The molecule has 0 aromatic heterocycles. The molecule has 0 saturated carbocycles. The first-order valence-corrected chi connectivity index (χ1v) is 13.7. The van der Waals surface area contributed by atoms with Gasteiger partial charge in [-0.15, -0.1) is 0 Å². The van der Waals surface area contributed by atoms with Crippen LogP contribution in [0.15, 0.2) is 72.8 Å². The monoisotopic (exact) mass is 527 g/mol. The molecular weight excluding hydrogens is 490 g/mol. The summed E-state index contributed by atoms with van der Waals surface area (Å²) in [4.78, 5) is 31.6. The third-order valence-corrected chi connectivity index (χ3v) is 8.16. The molecule has 0 atom stereocenters. The summed E-state index contributed by atoms with van der Waals surface area (Å²) in [5.41, 5.74) is 4.99. The molecule has 2 heterocycles. The number of likely N-dealkylation sites (tertiary alicyclic amines) is 1. The number of para-hydroxylation sites is 1. The van der Waals surface area contributed by atoms with Crippen LogP contribution in [0.1, 0.15) is 48.2 Å². The number of hydrogen-bond donors (Lipinski definition) is 2. The third-order valence-electron chi connectivity index (χ3n) is 8.16. The van der Waals surface area contributed by atoms with Gasteiger partial charge in [-0.2, -0.15) is 0 Å². The fourth-order valence-electron chi connectivity index (χ4n) is 6.09. The molecule has 204 valence electrons. The van der Waals surface area contributed by atoms with Crippen molar-refractivity contribution >= 4 is 17.7 Å². The van der Waals surface area contributed by atoms with Crippen molar-refractivity contribution in [2.45, 2.75) is 44.8 Å². The van der Waals surface area contributed by atoms with Crippen LogP contribution in [0.2, 0.25) is 0 Å². The molecule has 39 heavy (non-hydrogen) atoms. The van der Waals surface area contributed by atoms with Gasteiger partial charge in [-0.25, -0.2) is 4.79 Å². The molecule has 3 aromatic rings. The van der Waals surface area contributed by atoms with E-state index in [0.29, 0.717) is 13.1 Å². The third kappa shape index (κ3) is 5.56. The van der Waals surface area contributed by atoms with Crippen molar-refractivity contribution in [2.24, 2.45) is 0 Å². The second-order valence-electron chi connectivity index (χ2n) is 11.3. The van der Waals surface area contributed by atoms with E-state index in [4.69, 9.17) is 0 Å². The van der Waals surface area contributed by atoms with Gasteiger partial charge in [-0.3, -0.25) is 9.69 Å². The van der Waals surface area contributed by atoms with Crippen LogP contribution in [0.4, 0.5) is 10.5 Å². The van der Waals surface area contributed by atoms with E-state index in [2.05, 4.69) is 18.7 Å². The lowest BCUT2D eigenvalue weighted by Gasteiger charge is -2.42. The van der Waals surface area contributed by atoms with E-state index < -0.39 is 6.09 Å².